The lowest BCUT2D eigenvalue weighted by atomic mass is 9.82. The van der Waals surface area contributed by atoms with E-state index in [2.05, 4.69) is 18.2 Å². The van der Waals surface area contributed by atoms with Gasteiger partial charge in [0, 0.05) is 5.92 Å². The van der Waals surface area contributed by atoms with Gasteiger partial charge in [-0.3, -0.25) is 0 Å². The van der Waals surface area contributed by atoms with E-state index >= 15 is 0 Å². The minimum Gasteiger partial charge on any atom is -0.396 e. The average Bonchev–Trinajstić information content (AvgIpc) is 2.60. The maximum atomic E-state index is 9.80. The van der Waals surface area contributed by atoms with Crippen molar-refractivity contribution in [2.24, 2.45) is 0 Å². The van der Waals surface area contributed by atoms with Crippen molar-refractivity contribution in [1.29, 1.82) is 5.26 Å². The highest BCUT2D eigenvalue weighted by atomic mass is 16.3. The van der Waals surface area contributed by atoms with Crippen molar-refractivity contribution in [2.45, 2.75) is 11.8 Å². The SMILES string of the molecule is N#CC(c1ccc2ccccc2c1)C(CO)c1ccccc1. The third-order valence-corrected chi connectivity index (χ3v) is 4.10. The molecule has 0 radical (unpaired) electrons. The van der Waals surface area contributed by atoms with Crippen molar-refractivity contribution < 1.29 is 5.11 Å². The summed E-state index contributed by atoms with van der Waals surface area (Å²) in [5.74, 6) is -0.579. The first-order chi connectivity index (χ1) is 10.8. The summed E-state index contributed by atoms with van der Waals surface area (Å²) in [6.45, 7) is -0.0466. The number of hydrogen-bond acceptors (Lipinski definition) is 2. The molecule has 0 amide bonds. The second-order valence-corrected chi connectivity index (χ2v) is 5.41. The first-order valence-corrected chi connectivity index (χ1v) is 7.37. The van der Waals surface area contributed by atoms with E-state index in [1.54, 1.807) is 0 Å². The average molecular weight is 287 g/mol. The second-order valence-electron chi connectivity index (χ2n) is 5.41. The van der Waals surface area contributed by atoms with Crippen molar-refractivity contribution in [2.75, 3.05) is 6.61 Å². The van der Waals surface area contributed by atoms with Crippen LogP contribution in [0.4, 0.5) is 0 Å². The third kappa shape index (κ3) is 2.72. The van der Waals surface area contributed by atoms with Crippen LogP contribution in [0.5, 0.6) is 0 Å². The molecule has 3 aromatic carbocycles. The van der Waals surface area contributed by atoms with E-state index in [0.717, 1.165) is 21.9 Å². The minimum absolute atomic E-state index is 0.0466. The molecule has 2 unspecified atom stereocenters. The van der Waals surface area contributed by atoms with Crippen LogP contribution in [0.3, 0.4) is 0 Å². The smallest absolute Gasteiger partial charge is 0.0803 e. The van der Waals surface area contributed by atoms with Gasteiger partial charge in [-0.25, -0.2) is 0 Å². The maximum Gasteiger partial charge on any atom is 0.0803 e. The Hall–Kier alpha value is -2.63. The standard InChI is InChI=1S/C20H17NO/c21-13-19(20(14-22)16-7-2-1-3-8-16)18-11-10-15-6-4-5-9-17(15)12-18/h1-12,19-20,22H,14H2. The zero-order valence-corrected chi connectivity index (χ0v) is 12.2. The quantitative estimate of drug-likeness (QED) is 0.780. The highest BCUT2D eigenvalue weighted by Crippen LogP contribution is 2.33. The van der Waals surface area contributed by atoms with Crippen molar-refractivity contribution in [3.63, 3.8) is 0 Å². The molecule has 0 aliphatic rings. The highest BCUT2D eigenvalue weighted by Gasteiger charge is 2.24. The van der Waals surface area contributed by atoms with Crippen molar-refractivity contribution in [1.82, 2.24) is 0 Å². The Bertz CT molecular complexity index is 805. The molecule has 0 heterocycles. The summed E-state index contributed by atoms with van der Waals surface area (Å²) in [6, 6.07) is 26.3. The number of rotatable bonds is 4. The van der Waals surface area contributed by atoms with E-state index in [4.69, 9.17) is 0 Å². The van der Waals surface area contributed by atoms with Gasteiger partial charge >= 0.3 is 0 Å². The molecular formula is C20H17NO. The van der Waals surface area contributed by atoms with E-state index in [0.29, 0.717) is 0 Å². The first kappa shape index (κ1) is 14.3. The lowest BCUT2D eigenvalue weighted by molar-refractivity contribution is 0.258. The molecule has 3 rings (SSSR count). The summed E-state index contributed by atoms with van der Waals surface area (Å²) in [4.78, 5) is 0. The molecule has 0 aliphatic heterocycles. The molecule has 2 heteroatoms. The number of hydrogen-bond donors (Lipinski definition) is 1. The van der Waals surface area contributed by atoms with Crippen LogP contribution in [0.2, 0.25) is 0 Å². The Morgan fingerprint density at radius 1 is 0.818 bits per heavy atom. The van der Waals surface area contributed by atoms with Gasteiger partial charge in [-0.05, 0) is 28.0 Å². The fraction of sp³-hybridized carbons (Fsp3) is 0.150. The molecule has 2 nitrogen and oxygen atoms in total. The molecule has 0 fully saturated rings. The van der Waals surface area contributed by atoms with E-state index in [1.807, 2.05) is 60.7 Å². The highest BCUT2D eigenvalue weighted by molar-refractivity contribution is 5.83. The Balaban J connectivity index is 2.03. The van der Waals surface area contributed by atoms with Crippen LogP contribution in [0, 0.1) is 11.3 Å². The molecule has 3 aromatic rings. The van der Waals surface area contributed by atoms with Crippen molar-refractivity contribution in [3.8, 4) is 6.07 Å². The Morgan fingerprint density at radius 2 is 1.50 bits per heavy atom. The van der Waals surface area contributed by atoms with E-state index in [1.165, 1.54) is 0 Å². The van der Waals surface area contributed by atoms with Gasteiger partial charge < -0.3 is 5.11 Å². The Labute approximate surface area is 130 Å². The van der Waals surface area contributed by atoms with E-state index in [9.17, 15) is 10.4 Å². The van der Waals surface area contributed by atoms with Gasteiger partial charge in [0.05, 0.1) is 18.6 Å². The Morgan fingerprint density at radius 3 is 2.18 bits per heavy atom. The first-order valence-electron chi connectivity index (χ1n) is 7.37. The van der Waals surface area contributed by atoms with Gasteiger partial charge in [0.25, 0.3) is 0 Å². The summed E-state index contributed by atoms with van der Waals surface area (Å²) >= 11 is 0. The number of fused-ring (bicyclic) bond motifs is 1. The van der Waals surface area contributed by atoms with E-state index < -0.39 is 0 Å². The van der Waals surface area contributed by atoms with Crippen molar-refractivity contribution in [3.05, 3.63) is 83.9 Å². The summed E-state index contributed by atoms with van der Waals surface area (Å²) in [5.41, 5.74) is 1.94. The zero-order chi connectivity index (χ0) is 15.4. The summed E-state index contributed by atoms with van der Waals surface area (Å²) in [7, 11) is 0. The predicted octanol–water partition coefficient (Wildman–Crippen LogP) is 4.22. The molecule has 0 aliphatic carbocycles. The van der Waals surface area contributed by atoms with Crippen LogP contribution in [0.25, 0.3) is 10.8 Å². The third-order valence-electron chi connectivity index (χ3n) is 4.10. The van der Waals surface area contributed by atoms with Crippen LogP contribution < -0.4 is 0 Å². The summed E-state index contributed by atoms with van der Waals surface area (Å²) in [5, 5.41) is 21.7. The van der Waals surface area contributed by atoms with Crippen LogP contribution in [0.15, 0.2) is 72.8 Å². The second kappa shape index (κ2) is 6.43. The van der Waals surface area contributed by atoms with E-state index in [-0.39, 0.29) is 18.4 Å². The molecule has 2 atom stereocenters. The Kier molecular flexibility index (Phi) is 4.18. The molecule has 0 saturated carbocycles. The van der Waals surface area contributed by atoms with Gasteiger partial charge in [-0.1, -0.05) is 66.7 Å². The van der Waals surface area contributed by atoms with Gasteiger partial charge in [0.1, 0.15) is 0 Å². The van der Waals surface area contributed by atoms with Gasteiger partial charge in [-0.2, -0.15) is 5.26 Å². The summed E-state index contributed by atoms with van der Waals surface area (Å²) in [6.07, 6.45) is 0. The van der Waals surface area contributed by atoms with Crippen LogP contribution in [-0.4, -0.2) is 11.7 Å². The fourth-order valence-electron chi connectivity index (χ4n) is 2.90. The van der Waals surface area contributed by atoms with Gasteiger partial charge in [-0.15, -0.1) is 0 Å². The van der Waals surface area contributed by atoms with Crippen molar-refractivity contribution >= 4 is 10.8 Å². The van der Waals surface area contributed by atoms with Crippen LogP contribution in [-0.2, 0) is 0 Å². The largest absolute Gasteiger partial charge is 0.396 e. The molecule has 108 valence electrons. The molecular weight excluding hydrogens is 270 g/mol. The van der Waals surface area contributed by atoms with Crippen LogP contribution in [0.1, 0.15) is 23.0 Å². The molecule has 0 aromatic heterocycles. The van der Waals surface area contributed by atoms with Gasteiger partial charge in [0.2, 0.25) is 0 Å². The maximum absolute atomic E-state index is 9.80. The number of nitrogens with zero attached hydrogens (tertiary/aromatic N) is 1. The zero-order valence-electron chi connectivity index (χ0n) is 12.2. The molecule has 0 bridgehead atoms. The molecule has 22 heavy (non-hydrogen) atoms. The molecule has 1 N–H and O–H groups in total. The topological polar surface area (TPSA) is 44.0 Å². The number of aliphatic hydroxyl groups is 1. The molecule has 0 saturated heterocycles. The lowest BCUT2D eigenvalue weighted by Gasteiger charge is -2.21. The number of benzene rings is 3. The monoisotopic (exact) mass is 287 g/mol. The predicted molar refractivity (Wildman–Crippen MR) is 88.6 cm³/mol. The normalized spacial score (nSPS) is 13.5. The number of nitriles is 1. The van der Waals surface area contributed by atoms with Crippen LogP contribution >= 0.6 is 0 Å². The minimum atomic E-state index is -0.364. The number of aliphatic hydroxyl groups excluding tert-OH is 1. The molecule has 0 spiro atoms. The summed E-state index contributed by atoms with van der Waals surface area (Å²) < 4.78 is 0. The van der Waals surface area contributed by atoms with Gasteiger partial charge in [0.15, 0.2) is 0 Å². The fourth-order valence-corrected chi connectivity index (χ4v) is 2.90. The lowest BCUT2D eigenvalue weighted by Crippen LogP contribution is -2.14.